The van der Waals surface area contributed by atoms with Crippen LogP contribution in [0.4, 0.5) is 5.69 Å². The third-order valence-electron chi connectivity index (χ3n) is 7.09. The van der Waals surface area contributed by atoms with E-state index in [4.69, 9.17) is 29.8 Å². The van der Waals surface area contributed by atoms with Crippen molar-refractivity contribution >= 4 is 17.5 Å². The van der Waals surface area contributed by atoms with Gasteiger partial charge in [0, 0.05) is 60.8 Å². The van der Waals surface area contributed by atoms with E-state index < -0.39 is 11.6 Å². The van der Waals surface area contributed by atoms with Crippen LogP contribution in [0, 0.1) is 0 Å². The van der Waals surface area contributed by atoms with E-state index in [0.29, 0.717) is 66.3 Å². The summed E-state index contributed by atoms with van der Waals surface area (Å²) in [6.45, 7) is 1.24. The Morgan fingerprint density at radius 1 is 1.02 bits per heavy atom. The predicted octanol–water partition coefficient (Wildman–Crippen LogP) is 5.85. The largest absolute Gasteiger partial charge is 0.494 e. The molecular weight excluding hydrogens is 564 g/mol. The van der Waals surface area contributed by atoms with Gasteiger partial charge in [0.2, 0.25) is 5.90 Å². The molecule has 1 heterocycles. The van der Waals surface area contributed by atoms with Gasteiger partial charge in [-0.1, -0.05) is 58.8 Å². The molecule has 0 aromatic heterocycles. The number of methoxy groups -OCH3 is 1. The lowest BCUT2D eigenvalue weighted by atomic mass is 9.80. The molecule has 0 aliphatic carbocycles. The molecule has 0 radical (unpaired) electrons. The van der Waals surface area contributed by atoms with Crippen LogP contribution in [-0.2, 0) is 27.2 Å². The number of aliphatic hydroxyl groups excluding tert-OH is 1. The summed E-state index contributed by atoms with van der Waals surface area (Å²) in [7, 11) is 1.59. The van der Waals surface area contributed by atoms with Gasteiger partial charge in [0.15, 0.2) is 11.6 Å². The van der Waals surface area contributed by atoms with Crippen LogP contribution in [-0.4, -0.2) is 55.9 Å². The third kappa shape index (κ3) is 7.66. The van der Waals surface area contributed by atoms with Crippen molar-refractivity contribution in [2.75, 3.05) is 33.5 Å². The Kier molecular flexibility index (Phi) is 11.6. The van der Waals surface area contributed by atoms with Crippen LogP contribution in [0.2, 0.25) is 0 Å². The number of ether oxygens (including phenoxy) is 3. The Balaban J connectivity index is 1.85. The van der Waals surface area contributed by atoms with E-state index in [-0.39, 0.29) is 31.4 Å². The molecule has 3 aromatic rings. The summed E-state index contributed by atoms with van der Waals surface area (Å²) in [5.74, 6) is 0.471. The molecule has 4 rings (SSSR count). The maximum atomic E-state index is 14.3. The number of rotatable bonds is 16. The molecular formula is C31H34N8O5. The molecule has 0 saturated carbocycles. The molecule has 1 aliphatic rings. The molecule has 13 nitrogen and oxygen atoms in total. The van der Waals surface area contributed by atoms with Crippen molar-refractivity contribution in [2.24, 2.45) is 15.2 Å². The summed E-state index contributed by atoms with van der Waals surface area (Å²) in [5.41, 5.74) is 19.6. The Labute approximate surface area is 254 Å². The van der Waals surface area contributed by atoms with E-state index in [1.165, 1.54) is 0 Å². The molecule has 0 saturated heterocycles. The number of hydrogen-bond donors (Lipinski definition) is 2. The second-order valence-electron chi connectivity index (χ2n) is 9.97. The quantitative estimate of drug-likeness (QED) is 0.0904. The Morgan fingerprint density at radius 3 is 2.50 bits per heavy atom. The minimum Gasteiger partial charge on any atom is -0.494 e. The van der Waals surface area contributed by atoms with Crippen LogP contribution >= 0.6 is 0 Å². The first-order chi connectivity index (χ1) is 21.6. The fourth-order valence-corrected chi connectivity index (χ4v) is 4.97. The fourth-order valence-electron chi connectivity index (χ4n) is 4.97. The number of nitrogens with zero attached hydrogens (tertiary/aromatic N) is 7. The van der Waals surface area contributed by atoms with Gasteiger partial charge in [-0.15, -0.1) is 0 Å². The summed E-state index contributed by atoms with van der Waals surface area (Å²) in [4.78, 5) is 25.2. The maximum Gasteiger partial charge on any atom is 0.252 e. The summed E-state index contributed by atoms with van der Waals surface area (Å²) >= 11 is 0. The molecule has 2 N–H and O–H groups in total. The highest BCUT2D eigenvalue weighted by Crippen LogP contribution is 2.44. The van der Waals surface area contributed by atoms with Gasteiger partial charge in [-0.2, -0.15) is 0 Å². The average molecular weight is 599 g/mol. The molecule has 1 aliphatic heterocycles. The zero-order valence-corrected chi connectivity index (χ0v) is 24.4. The predicted molar refractivity (Wildman–Crippen MR) is 164 cm³/mol. The van der Waals surface area contributed by atoms with Crippen LogP contribution in [0.5, 0.6) is 5.75 Å². The molecule has 0 spiro atoms. The second-order valence-corrected chi connectivity index (χ2v) is 9.97. The number of aliphatic hydroxyl groups is 1. The first-order valence-corrected chi connectivity index (χ1v) is 14.2. The zero-order valence-electron chi connectivity index (χ0n) is 24.4. The van der Waals surface area contributed by atoms with Crippen LogP contribution < -0.4 is 10.1 Å². The first-order valence-electron chi connectivity index (χ1n) is 14.2. The van der Waals surface area contributed by atoms with Gasteiger partial charge >= 0.3 is 0 Å². The average Bonchev–Trinajstić information content (AvgIpc) is 3.44. The molecule has 13 heteroatoms. The van der Waals surface area contributed by atoms with Crippen molar-refractivity contribution in [3.05, 3.63) is 116 Å². The van der Waals surface area contributed by atoms with Gasteiger partial charge in [0.25, 0.3) is 5.91 Å². The number of carbonyl (C=O) groups excluding carboxylic acids is 1. The standard InChI is InChI=1S/C31H34N8O5/c1-42-18-6-16-34-30(41)31(20-23-8-3-5-11-27(23)37-39-33)28(26-10-4-2-9-24(26)21-35-38-32)44-29(36-31)22-12-14-25(15-13-22)43-19-7-17-40/h2-5,8-15,28,40H,6-7,16-21H2,1H3,(H,34,41)/t28-,31-/m0/s1. The van der Waals surface area contributed by atoms with Gasteiger partial charge in [-0.05, 0) is 58.4 Å². The summed E-state index contributed by atoms with van der Waals surface area (Å²) in [5, 5.41) is 19.7. The van der Waals surface area contributed by atoms with Gasteiger partial charge in [-0.25, -0.2) is 4.99 Å². The van der Waals surface area contributed by atoms with Crippen LogP contribution in [0.15, 0.2) is 88.0 Å². The smallest absolute Gasteiger partial charge is 0.252 e. The lowest BCUT2D eigenvalue weighted by molar-refractivity contribution is -0.129. The van der Waals surface area contributed by atoms with Crippen molar-refractivity contribution < 1.29 is 24.1 Å². The number of hydrogen-bond acceptors (Lipinski definition) is 8. The van der Waals surface area contributed by atoms with Gasteiger partial charge in [0.1, 0.15) is 5.75 Å². The number of azide groups is 2. The van der Waals surface area contributed by atoms with Crippen LogP contribution in [0.25, 0.3) is 20.9 Å². The highest BCUT2D eigenvalue weighted by atomic mass is 16.5. The Morgan fingerprint density at radius 2 is 1.77 bits per heavy atom. The van der Waals surface area contributed by atoms with E-state index in [1.54, 1.807) is 55.6 Å². The monoisotopic (exact) mass is 598 g/mol. The lowest BCUT2D eigenvalue weighted by Gasteiger charge is -2.32. The topological polar surface area (TPSA) is 187 Å². The molecule has 1 amide bonds. The van der Waals surface area contributed by atoms with E-state index in [1.807, 2.05) is 24.3 Å². The van der Waals surface area contributed by atoms with Crippen molar-refractivity contribution in [1.29, 1.82) is 0 Å². The summed E-state index contributed by atoms with van der Waals surface area (Å²) < 4.78 is 17.4. The molecule has 44 heavy (non-hydrogen) atoms. The SMILES string of the molecule is COCCCNC(=O)[C@@]1(Cc2ccccc2N=[N+]=[N-])N=C(c2ccc(OCCCO)cc2)O[C@H]1c1ccccc1CN=[N+]=[N-]. The molecule has 0 bridgehead atoms. The van der Waals surface area contributed by atoms with Crippen molar-refractivity contribution in [3.8, 4) is 5.75 Å². The number of aliphatic imine (C=N–C) groups is 1. The van der Waals surface area contributed by atoms with Crippen molar-refractivity contribution in [1.82, 2.24) is 5.32 Å². The highest BCUT2D eigenvalue weighted by Gasteiger charge is 2.54. The first kappa shape index (κ1) is 31.9. The maximum absolute atomic E-state index is 14.3. The van der Waals surface area contributed by atoms with Crippen molar-refractivity contribution in [2.45, 2.75) is 37.5 Å². The van der Waals surface area contributed by atoms with Crippen molar-refractivity contribution in [3.63, 3.8) is 0 Å². The zero-order chi connectivity index (χ0) is 31.2. The molecule has 0 unspecified atom stereocenters. The molecule has 0 fully saturated rings. The van der Waals surface area contributed by atoms with E-state index >= 15 is 0 Å². The van der Waals surface area contributed by atoms with Crippen LogP contribution in [0.3, 0.4) is 0 Å². The lowest BCUT2D eigenvalue weighted by Crippen LogP contribution is -2.50. The number of nitrogens with one attached hydrogen (secondary N) is 1. The van der Waals surface area contributed by atoms with E-state index in [9.17, 15) is 10.3 Å². The van der Waals surface area contributed by atoms with Gasteiger partial charge in [0.05, 0.1) is 13.2 Å². The van der Waals surface area contributed by atoms with Gasteiger partial charge < -0.3 is 24.6 Å². The number of amides is 1. The highest BCUT2D eigenvalue weighted by molar-refractivity contribution is 6.01. The van der Waals surface area contributed by atoms with Crippen LogP contribution in [0.1, 0.15) is 41.2 Å². The molecule has 3 aromatic carbocycles. The second kappa shape index (κ2) is 16.0. The van der Waals surface area contributed by atoms with Gasteiger partial charge in [-0.3, -0.25) is 4.79 Å². The normalized spacial score (nSPS) is 17.0. The Hall–Kier alpha value is -5.06. The van der Waals surface area contributed by atoms with E-state index in [2.05, 4.69) is 25.4 Å². The minimum atomic E-state index is -1.54. The molecule has 228 valence electrons. The minimum absolute atomic E-state index is 0.0314. The summed E-state index contributed by atoms with van der Waals surface area (Å²) in [6.07, 6.45) is 0.212. The summed E-state index contributed by atoms with van der Waals surface area (Å²) in [6, 6.07) is 21.4. The fraction of sp³-hybridized carbons (Fsp3) is 0.355. The number of carbonyl (C=O) groups is 1. The molecule has 2 atom stereocenters. The Bertz CT molecular complexity index is 1550. The third-order valence-corrected chi connectivity index (χ3v) is 7.09. The number of benzene rings is 3. The van der Waals surface area contributed by atoms with E-state index in [0.717, 1.165) is 0 Å².